The summed E-state index contributed by atoms with van der Waals surface area (Å²) in [5.41, 5.74) is 4.32. The molecule has 0 saturated carbocycles. The zero-order valence-corrected chi connectivity index (χ0v) is 17.2. The van der Waals surface area contributed by atoms with Gasteiger partial charge in [-0.1, -0.05) is 23.3 Å². The third-order valence-corrected chi connectivity index (χ3v) is 4.73. The van der Waals surface area contributed by atoms with Gasteiger partial charge in [-0.25, -0.2) is 9.40 Å². The molecule has 29 heavy (non-hydrogen) atoms. The number of carbonyl (C=O) groups is 2. The highest BCUT2D eigenvalue weighted by atomic mass is 19.1. The normalized spacial score (nSPS) is 13.3. The largest absolute Gasteiger partial charge is 0.491 e. The molecule has 6 nitrogen and oxygen atoms in total. The quantitative estimate of drug-likeness (QED) is 0.601. The molecule has 0 unspecified atom stereocenters. The first-order chi connectivity index (χ1) is 13.5. The van der Waals surface area contributed by atoms with Gasteiger partial charge in [-0.05, 0) is 58.3 Å². The van der Waals surface area contributed by atoms with Gasteiger partial charge in [0.25, 0.3) is 11.8 Å². The maximum absolute atomic E-state index is 14.8. The molecule has 0 bridgehead atoms. The summed E-state index contributed by atoms with van der Waals surface area (Å²) >= 11 is 0. The fourth-order valence-electron chi connectivity index (χ4n) is 3.35. The number of carbonyl (C=O) groups excluding carboxylic acids is 2. The molecule has 0 radical (unpaired) electrons. The second kappa shape index (κ2) is 7.61. The van der Waals surface area contributed by atoms with E-state index >= 15 is 0 Å². The average Bonchev–Trinajstić information content (AvgIpc) is 2.99. The molecule has 3 rings (SSSR count). The minimum atomic E-state index is -1.20. The zero-order chi connectivity index (χ0) is 21.5. The van der Waals surface area contributed by atoms with Crippen LogP contribution in [0, 0.1) is 19.7 Å². The van der Waals surface area contributed by atoms with Gasteiger partial charge in [0.05, 0.1) is 17.7 Å². The topological polar surface area (TPSA) is 78.9 Å². The first kappa shape index (κ1) is 21.0. The molecule has 152 valence electrons. The number of hydrogen-bond acceptors (Lipinski definition) is 4. The minimum absolute atomic E-state index is 0.117. The minimum Gasteiger partial charge on any atom is -0.423 e. The Balaban J connectivity index is 1.92. The molecule has 0 saturated heterocycles. The van der Waals surface area contributed by atoms with Crippen molar-refractivity contribution < 1.29 is 23.7 Å². The fourth-order valence-corrected chi connectivity index (χ4v) is 3.35. The number of fused-ring (bicyclic) bond motifs is 1. The standard InChI is InChI=1S/C21H24BFN2O4/c1-12-8-13(2)10-14(9-12)20(27)25(21(3,4)5)24-19(26)15-6-7-17-16(18(15)23)11-29-22(17)28/h6-10,28H,11H2,1-5H3,(H,24,26). The monoisotopic (exact) mass is 398 g/mol. The van der Waals surface area contributed by atoms with Crippen LogP contribution in [0.25, 0.3) is 0 Å². The molecule has 2 aromatic rings. The summed E-state index contributed by atoms with van der Waals surface area (Å²) in [7, 11) is -1.20. The summed E-state index contributed by atoms with van der Waals surface area (Å²) in [6.45, 7) is 8.99. The van der Waals surface area contributed by atoms with Crippen LogP contribution in [0.3, 0.4) is 0 Å². The Kier molecular flexibility index (Phi) is 5.51. The Morgan fingerprint density at radius 2 is 1.79 bits per heavy atom. The number of nitrogens with one attached hydrogen (secondary N) is 1. The molecule has 0 spiro atoms. The molecule has 2 N–H and O–H groups in total. The fraction of sp³-hybridized carbons (Fsp3) is 0.333. The number of hydrogen-bond donors (Lipinski definition) is 2. The summed E-state index contributed by atoms with van der Waals surface area (Å²) in [6, 6.07) is 8.18. The SMILES string of the molecule is Cc1cc(C)cc(C(=O)N(NC(=O)c2ccc3c(c2F)COB3O)C(C)(C)C)c1. The zero-order valence-electron chi connectivity index (χ0n) is 17.2. The second-order valence-corrected chi connectivity index (χ2v) is 8.29. The first-order valence-electron chi connectivity index (χ1n) is 9.34. The molecule has 1 aliphatic rings. The van der Waals surface area contributed by atoms with E-state index < -0.39 is 30.3 Å². The third kappa shape index (κ3) is 4.18. The maximum atomic E-state index is 14.8. The lowest BCUT2D eigenvalue weighted by Gasteiger charge is -2.35. The van der Waals surface area contributed by atoms with Crippen molar-refractivity contribution in [3.05, 3.63) is 64.0 Å². The predicted octanol–water partition coefficient (Wildman–Crippen LogP) is 2.25. The average molecular weight is 398 g/mol. The maximum Gasteiger partial charge on any atom is 0.491 e. The molecule has 0 aliphatic carbocycles. The molecule has 0 atom stereocenters. The van der Waals surface area contributed by atoms with Crippen LogP contribution < -0.4 is 10.9 Å². The van der Waals surface area contributed by atoms with E-state index in [2.05, 4.69) is 5.43 Å². The van der Waals surface area contributed by atoms with Crippen molar-refractivity contribution in [2.45, 2.75) is 46.8 Å². The molecule has 0 fully saturated rings. The van der Waals surface area contributed by atoms with Crippen LogP contribution >= 0.6 is 0 Å². The van der Waals surface area contributed by atoms with E-state index in [1.54, 1.807) is 32.9 Å². The van der Waals surface area contributed by atoms with E-state index in [1.165, 1.54) is 17.1 Å². The van der Waals surface area contributed by atoms with Crippen molar-refractivity contribution in [2.75, 3.05) is 0 Å². The molecule has 8 heteroatoms. The van der Waals surface area contributed by atoms with Crippen molar-refractivity contribution in [2.24, 2.45) is 0 Å². The number of hydrazine groups is 1. The highest BCUT2D eigenvalue weighted by Gasteiger charge is 2.34. The van der Waals surface area contributed by atoms with Crippen LogP contribution in [0.1, 0.15) is 58.2 Å². The van der Waals surface area contributed by atoms with Gasteiger partial charge in [0.2, 0.25) is 0 Å². The Labute approximate surface area is 169 Å². The van der Waals surface area contributed by atoms with E-state index in [0.29, 0.717) is 11.0 Å². The summed E-state index contributed by atoms with van der Waals surface area (Å²) in [5.74, 6) is -1.90. The van der Waals surface area contributed by atoms with Crippen molar-refractivity contribution in [3.63, 3.8) is 0 Å². The van der Waals surface area contributed by atoms with E-state index in [1.807, 2.05) is 19.9 Å². The molecular weight excluding hydrogens is 374 g/mol. The number of rotatable bonds is 2. The summed E-state index contributed by atoms with van der Waals surface area (Å²) in [6.07, 6.45) is 0. The van der Waals surface area contributed by atoms with Gasteiger partial charge < -0.3 is 9.68 Å². The van der Waals surface area contributed by atoms with E-state index in [-0.39, 0.29) is 17.7 Å². The van der Waals surface area contributed by atoms with Crippen molar-refractivity contribution in [1.82, 2.24) is 10.4 Å². The summed E-state index contributed by atoms with van der Waals surface area (Å²) in [5, 5.41) is 10.9. The number of benzene rings is 2. The van der Waals surface area contributed by atoms with Gasteiger partial charge in [0, 0.05) is 11.1 Å². The van der Waals surface area contributed by atoms with Gasteiger partial charge in [-0.3, -0.25) is 15.0 Å². The number of amides is 2. The molecule has 2 amide bonds. The highest BCUT2D eigenvalue weighted by molar-refractivity contribution is 6.61. The second-order valence-electron chi connectivity index (χ2n) is 8.29. The van der Waals surface area contributed by atoms with Crippen LogP contribution in [-0.2, 0) is 11.3 Å². The Morgan fingerprint density at radius 3 is 2.38 bits per heavy atom. The van der Waals surface area contributed by atoms with E-state index in [4.69, 9.17) is 4.65 Å². The first-order valence-corrected chi connectivity index (χ1v) is 9.34. The van der Waals surface area contributed by atoms with Gasteiger partial charge in [0.1, 0.15) is 5.82 Å². The van der Waals surface area contributed by atoms with E-state index in [0.717, 1.165) is 11.1 Å². The van der Waals surface area contributed by atoms with Crippen LogP contribution in [0.15, 0.2) is 30.3 Å². The van der Waals surface area contributed by atoms with Gasteiger partial charge in [-0.2, -0.15) is 0 Å². The number of nitrogens with zero attached hydrogens (tertiary/aromatic N) is 1. The molecule has 0 aromatic heterocycles. The van der Waals surface area contributed by atoms with Gasteiger partial charge >= 0.3 is 7.12 Å². The predicted molar refractivity (Wildman–Crippen MR) is 108 cm³/mol. The van der Waals surface area contributed by atoms with Crippen molar-refractivity contribution in [1.29, 1.82) is 0 Å². The smallest absolute Gasteiger partial charge is 0.423 e. The lowest BCUT2D eigenvalue weighted by atomic mass is 9.79. The number of aryl methyl sites for hydroxylation is 2. The number of halogens is 1. The van der Waals surface area contributed by atoms with Crippen molar-refractivity contribution >= 4 is 24.4 Å². The van der Waals surface area contributed by atoms with Crippen LogP contribution in [0.4, 0.5) is 4.39 Å². The van der Waals surface area contributed by atoms with Crippen LogP contribution in [-0.4, -0.2) is 34.5 Å². The lowest BCUT2D eigenvalue weighted by Crippen LogP contribution is -2.56. The Bertz CT molecular complexity index is 967. The summed E-state index contributed by atoms with van der Waals surface area (Å²) < 4.78 is 19.8. The highest BCUT2D eigenvalue weighted by Crippen LogP contribution is 2.20. The summed E-state index contributed by atoms with van der Waals surface area (Å²) in [4.78, 5) is 26.0. The van der Waals surface area contributed by atoms with Gasteiger partial charge in [0.15, 0.2) is 0 Å². The van der Waals surface area contributed by atoms with Gasteiger partial charge in [-0.15, -0.1) is 0 Å². The molecule has 2 aromatic carbocycles. The van der Waals surface area contributed by atoms with Crippen LogP contribution in [0.2, 0.25) is 0 Å². The van der Waals surface area contributed by atoms with E-state index in [9.17, 15) is 19.0 Å². The molecular formula is C21H24BFN2O4. The Morgan fingerprint density at radius 1 is 1.17 bits per heavy atom. The van der Waals surface area contributed by atoms with Crippen LogP contribution in [0.5, 0.6) is 0 Å². The Hall–Kier alpha value is -2.71. The van der Waals surface area contributed by atoms with Crippen molar-refractivity contribution in [3.8, 4) is 0 Å². The molecule has 1 heterocycles. The molecule has 1 aliphatic heterocycles. The third-order valence-electron chi connectivity index (χ3n) is 4.73. The lowest BCUT2D eigenvalue weighted by molar-refractivity contribution is 0.0356.